The van der Waals surface area contributed by atoms with E-state index in [4.69, 9.17) is 22.7 Å². The Hall–Kier alpha value is -1.46. The molecule has 1 aliphatic heterocycles. The van der Waals surface area contributed by atoms with Crippen molar-refractivity contribution in [3.05, 3.63) is 35.4 Å². The number of carbonyl (C=O) groups is 1. The molecule has 1 heterocycles. The summed E-state index contributed by atoms with van der Waals surface area (Å²) >= 11 is 4.90. The smallest absolute Gasteiger partial charge is 0.251 e. The molecule has 102 valence electrons. The van der Waals surface area contributed by atoms with Crippen LogP contribution in [0.3, 0.4) is 0 Å². The van der Waals surface area contributed by atoms with Gasteiger partial charge in [-0.2, -0.15) is 0 Å². The Morgan fingerprint density at radius 1 is 1.47 bits per heavy atom. The molecule has 0 spiro atoms. The van der Waals surface area contributed by atoms with Crippen LogP contribution in [0.1, 0.15) is 28.8 Å². The third-order valence-corrected chi connectivity index (χ3v) is 3.29. The average molecular weight is 278 g/mol. The van der Waals surface area contributed by atoms with Crippen molar-refractivity contribution in [3.63, 3.8) is 0 Å². The van der Waals surface area contributed by atoms with Crippen LogP contribution in [0.25, 0.3) is 0 Å². The van der Waals surface area contributed by atoms with Gasteiger partial charge in [-0.05, 0) is 24.5 Å². The predicted molar refractivity (Wildman–Crippen MR) is 78.2 cm³/mol. The highest BCUT2D eigenvalue weighted by molar-refractivity contribution is 7.80. The molecule has 1 amide bonds. The van der Waals surface area contributed by atoms with E-state index in [0.717, 1.165) is 25.0 Å². The van der Waals surface area contributed by atoms with Crippen LogP contribution in [-0.4, -0.2) is 30.2 Å². The molecule has 1 atom stereocenters. The van der Waals surface area contributed by atoms with Gasteiger partial charge >= 0.3 is 0 Å². The van der Waals surface area contributed by atoms with E-state index in [9.17, 15) is 4.79 Å². The minimum absolute atomic E-state index is 0.0950. The van der Waals surface area contributed by atoms with Crippen LogP contribution < -0.4 is 11.1 Å². The number of rotatable bonds is 5. The lowest BCUT2D eigenvalue weighted by Gasteiger charge is -2.12. The second-order valence-electron chi connectivity index (χ2n) is 4.65. The fourth-order valence-corrected chi connectivity index (χ4v) is 2.35. The van der Waals surface area contributed by atoms with E-state index >= 15 is 0 Å². The second-order valence-corrected chi connectivity index (χ2v) is 5.17. The Kier molecular flexibility index (Phi) is 4.87. The van der Waals surface area contributed by atoms with Gasteiger partial charge in [-0.15, -0.1) is 0 Å². The van der Waals surface area contributed by atoms with Crippen LogP contribution in [0.15, 0.2) is 24.3 Å². The van der Waals surface area contributed by atoms with Gasteiger partial charge in [-0.3, -0.25) is 4.79 Å². The van der Waals surface area contributed by atoms with E-state index in [2.05, 4.69) is 5.32 Å². The van der Waals surface area contributed by atoms with Crippen LogP contribution in [0.4, 0.5) is 0 Å². The molecular formula is C14H18N2O2S. The number of nitrogens with one attached hydrogen (secondary N) is 1. The SMILES string of the molecule is NC(=S)Cc1ccccc1C(=O)NCC1CCCO1. The van der Waals surface area contributed by atoms with Gasteiger partial charge in [-0.25, -0.2) is 0 Å². The Morgan fingerprint density at radius 3 is 2.95 bits per heavy atom. The summed E-state index contributed by atoms with van der Waals surface area (Å²) in [5.41, 5.74) is 7.04. The van der Waals surface area contributed by atoms with E-state index < -0.39 is 0 Å². The number of amides is 1. The topological polar surface area (TPSA) is 64.4 Å². The first kappa shape index (κ1) is 14.0. The highest BCUT2D eigenvalue weighted by Crippen LogP contribution is 2.12. The summed E-state index contributed by atoms with van der Waals surface area (Å²) in [4.78, 5) is 12.5. The molecule has 0 aromatic heterocycles. The summed E-state index contributed by atoms with van der Waals surface area (Å²) in [5.74, 6) is -0.0950. The number of hydrogen-bond donors (Lipinski definition) is 2. The number of hydrogen-bond acceptors (Lipinski definition) is 3. The summed E-state index contributed by atoms with van der Waals surface area (Å²) in [7, 11) is 0. The predicted octanol–water partition coefficient (Wildman–Crippen LogP) is 1.42. The van der Waals surface area contributed by atoms with Crippen molar-refractivity contribution < 1.29 is 9.53 Å². The number of benzene rings is 1. The Morgan fingerprint density at radius 2 is 2.26 bits per heavy atom. The Balaban J connectivity index is 1.99. The molecule has 1 aromatic carbocycles. The molecule has 1 unspecified atom stereocenters. The van der Waals surface area contributed by atoms with Gasteiger partial charge in [-0.1, -0.05) is 30.4 Å². The van der Waals surface area contributed by atoms with Crippen LogP contribution in [0.2, 0.25) is 0 Å². The van der Waals surface area contributed by atoms with Crippen molar-refractivity contribution in [3.8, 4) is 0 Å². The molecule has 19 heavy (non-hydrogen) atoms. The minimum atomic E-state index is -0.0950. The molecule has 1 saturated heterocycles. The molecule has 0 bridgehead atoms. The fraction of sp³-hybridized carbons (Fsp3) is 0.429. The lowest BCUT2D eigenvalue weighted by molar-refractivity contribution is 0.0857. The minimum Gasteiger partial charge on any atom is -0.393 e. The van der Waals surface area contributed by atoms with Gasteiger partial charge in [0.15, 0.2) is 0 Å². The highest BCUT2D eigenvalue weighted by atomic mass is 32.1. The van der Waals surface area contributed by atoms with Crippen molar-refractivity contribution >= 4 is 23.1 Å². The maximum Gasteiger partial charge on any atom is 0.251 e. The zero-order valence-electron chi connectivity index (χ0n) is 10.7. The third kappa shape index (κ3) is 4.01. The summed E-state index contributed by atoms with van der Waals surface area (Å²) in [6.45, 7) is 1.35. The normalized spacial score (nSPS) is 18.2. The molecular weight excluding hydrogens is 260 g/mol. The lowest BCUT2D eigenvalue weighted by Crippen LogP contribution is -2.32. The number of ether oxygens (including phenoxy) is 1. The first-order valence-corrected chi connectivity index (χ1v) is 6.83. The Labute approximate surface area is 118 Å². The molecule has 3 N–H and O–H groups in total. The number of nitrogens with two attached hydrogens (primary N) is 1. The van der Waals surface area contributed by atoms with Gasteiger partial charge < -0.3 is 15.8 Å². The fourth-order valence-electron chi connectivity index (χ4n) is 2.19. The zero-order chi connectivity index (χ0) is 13.7. The number of thiocarbonyl (C=S) groups is 1. The Bertz CT molecular complexity index is 470. The maximum absolute atomic E-state index is 12.2. The quantitative estimate of drug-likeness (QED) is 0.800. The van der Waals surface area contributed by atoms with Gasteiger partial charge in [0.25, 0.3) is 5.91 Å². The lowest BCUT2D eigenvalue weighted by atomic mass is 10.0. The molecule has 1 aromatic rings. The molecule has 4 nitrogen and oxygen atoms in total. The van der Waals surface area contributed by atoms with Crippen LogP contribution >= 0.6 is 12.2 Å². The zero-order valence-corrected chi connectivity index (χ0v) is 11.5. The van der Waals surface area contributed by atoms with Crippen LogP contribution in [0, 0.1) is 0 Å². The molecule has 0 saturated carbocycles. The van der Waals surface area contributed by atoms with Gasteiger partial charge in [0, 0.05) is 25.1 Å². The number of carbonyl (C=O) groups excluding carboxylic acids is 1. The van der Waals surface area contributed by atoms with E-state index in [1.165, 1.54) is 0 Å². The first-order valence-electron chi connectivity index (χ1n) is 6.43. The van der Waals surface area contributed by atoms with Crippen LogP contribution in [0.5, 0.6) is 0 Å². The second kappa shape index (κ2) is 6.63. The molecule has 1 fully saturated rings. The standard InChI is InChI=1S/C14H18N2O2S/c15-13(19)8-10-4-1-2-6-12(10)14(17)16-9-11-5-3-7-18-11/h1-2,4,6,11H,3,5,7-9H2,(H2,15,19)(H,16,17). The van der Waals surface area contributed by atoms with Gasteiger partial charge in [0.1, 0.15) is 0 Å². The monoisotopic (exact) mass is 278 g/mol. The maximum atomic E-state index is 12.2. The van der Waals surface area contributed by atoms with Gasteiger partial charge in [0.05, 0.1) is 11.1 Å². The van der Waals surface area contributed by atoms with E-state index in [1.54, 1.807) is 6.07 Å². The van der Waals surface area contributed by atoms with Crippen molar-refractivity contribution in [2.45, 2.75) is 25.4 Å². The van der Waals surface area contributed by atoms with Crippen molar-refractivity contribution in [1.82, 2.24) is 5.32 Å². The molecule has 5 heteroatoms. The van der Waals surface area contributed by atoms with E-state index in [1.807, 2.05) is 18.2 Å². The van der Waals surface area contributed by atoms with Crippen molar-refractivity contribution in [2.24, 2.45) is 5.73 Å². The van der Waals surface area contributed by atoms with E-state index in [-0.39, 0.29) is 12.0 Å². The average Bonchev–Trinajstić information content (AvgIpc) is 2.89. The van der Waals surface area contributed by atoms with Crippen LogP contribution in [-0.2, 0) is 11.2 Å². The third-order valence-electron chi connectivity index (χ3n) is 3.14. The molecule has 2 rings (SSSR count). The summed E-state index contributed by atoms with van der Waals surface area (Å²) in [5, 5.41) is 2.91. The van der Waals surface area contributed by atoms with E-state index in [0.29, 0.717) is 23.5 Å². The summed E-state index contributed by atoms with van der Waals surface area (Å²) in [6.07, 6.45) is 2.67. The first-order chi connectivity index (χ1) is 9.16. The molecule has 0 aliphatic carbocycles. The largest absolute Gasteiger partial charge is 0.393 e. The molecule has 1 aliphatic rings. The van der Waals surface area contributed by atoms with Gasteiger partial charge in [0.2, 0.25) is 0 Å². The van der Waals surface area contributed by atoms with Crippen molar-refractivity contribution in [2.75, 3.05) is 13.2 Å². The van der Waals surface area contributed by atoms with Crippen molar-refractivity contribution in [1.29, 1.82) is 0 Å². The summed E-state index contributed by atoms with van der Waals surface area (Å²) in [6, 6.07) is 7.38. The summed E-state index contributed by atoms with van der Waals surface area (Å²) < 4.78 is 5.48. The molecule has 0 radical (unpaired) electrons. The highest BCUT2D eigenvalue weighted by Gasteiger charge is 2.17.